The second kappa shape index (κ2) is 40.7. The van der Waals surface area contributed by atoms with Crippen LogP contribution in [-0.2, 0) is 19.2 Å². The molecule has 3 aliphatic rings. The molecule has 24 nitrogen and oxygen atoms in total. The van der Waals surface area contributed by atoms with Crippen molar-refractivity contribution in [1.82, 2.24) is 41.2 Å². The number of aryl methyl sites for hydroxylation is 4. The van der Waals surface area contributed by atoms with Crippen LogP contribution in [0.1, 0.15) is 191 Å². The number of carbonyl (C=O) groups is 8. The van der Waals surface area contributed by atoms with Gasteiger partial charge in [-0.1, -0.05) is 108 Å². The van der Waals surface area contributed by atoms with E-state index in [0.29, 0.717) is 29.4 Å². The first-order chi connectivity index (χ1) is 50.7. The van der Waals surface area contributed by atoms with Crippen LogP contribution in [0.3, 0.4) is 0 Å². The number of aromatic nitrogens is 4. The van der Waals surface area contributed by atoms with Gasteiger partial charge in [-0.25, -0.2) is 39.1 Å². The molecule has 0 spiro atoms. The Hall–Kier alpha value is -9.64. The molecule has 4 aromatic heterocycles. The highest BCUT2D eigenvalue weighted by atomic mass is 32.1. The first-order valence-electron chi connectivity index (χ1n) is 35.7. The summed E-state index contributed by atoms with van der Waals surface area (Å²) >= 11 is 5.80. The quantitative estimate of drug-likeness (QED) is 0.0222. The van der Waals surface area contributed by atoms with E-state index in [1.807, 2.05) is 34.6 Å². The molecule has 4 amide bonds. The van der Waals surface area contributed by atoms with Crippen molar-refractivity contribution in [3.8, 4) is 65.8 Å². The number of nitrogens with zero attached hydrogens (tertiary/aromatic N) is 4. The molecule has 0 saturated heterocycles. The Morgan fingerprint density at radius 1 is 0.377 bits per heavy atom. The average Bonchev–Trinajstić information content (AvgIpc) is 1.59. The van der Waals surface area contributed by atoms with Crippen LogP contribution in [-0.4, -0.2) is 138 Å². The van der Waals surface area contributed by atoms with Crippen LogP contribution in [0.25, 0.3) is 42.3 Å². The van der Waals surface area contributed by atoms with Crippen molar-refractivity contribution in [3.63, 3.8) is 0 Å². The Morgan fingerprint density at radius 3 is 0.896 bits per heavy atom. The van der Waals surface area contributed by atoms with Gasteiger partial charge in [0.05, 0.1) is 41.8 Å². The smallest absolute Gasteiger partial charge is 0.335 e. The summed E-state index contributed by atoms with van der Waals surface area (Å²) in [6.45, 7) is 15.9. The van der Waals surface area contributed by atoms with Crippen molar-refractivity contribution >= 4 is 92.9 Å². The molecule has 4 aromatic carbocycles. The number of rotatable bonds is 27. The lowest BCUT2D eigenvalue weighted by Gasteiger charge is -2.26. The molecule has 3 aliphatic carbocycles. The summed E-state index contributed by atoms with van der Waals surface area (Å²) in [5, 5.41) is 50.8. The Morgan fingerprint density at radius 2 is 0.632 bits per heavy atom. The molecule has 4 heterocycles. The van der Waals surface area contributed by atoms with Gasteiger partial charge in [-0.05, 0) is 159 Å². The predicted octanol–water partition coefficient (Wildman–Crippen LogP) is 15.3. The number of benzene rings is 4. The van der Waals surface area contributed by atoms with Gasteiger partial charge in [-0.15, -0.1) is 45.3 Å². The fourth-order valence-electron chi connectivity index (χ4n) is 11.8. The maximum Gasteiger partial charge on any atom is 0.335 e. The second-order valence-electron chi connectivity index (χ2n) is 27.0. The van der Waals surface area contributed by atoms with Crippen molar-refractivity contribution < 1.29 is 77.7 Å². The normalized spacial score (nSPS) is 15.3. The summed E-state index contributed by atoms with van der Waals surface area (Å²) in [7, 11) is 0. The molecular formula is C78H94N8O16S4. The Labute approximate surface area is 633 Å². The third-order valence-electron chi connectivity index (χ3n) is 17.8. The molecule has 0 bridgehead atoms. The van der Waals surface area contributed by atoms with Crippen LogP contribution in [0.5, 0.6) is 23.5 Å². The van der Waals surface area contributed by atoms with E-state index in [9.17, 15) is 38.4 Å². The highest BCUT2D eigenvalue weighted by molar-refractivity contribution is 7.16. The zero-order valence-electron chi connectivity index (χ0n) is 61.0. The average molecular weight is 1530 g/mol. The molecular weight excluding hydrogens is 1430 g/mol. The van der Waals surface area contributed by atoms with Gasteiger partial charge >= 0.3 is 23.9 Å². The fraction of sp³-hybridized carbons (Fsp3) is 0.436. The van der Waals surface area contributed by atoms with Gasteiger partial charge in [0, 0.05) is 46.4 Å². The monoisotopic (exact) mass is 1530 g/mol. The van der Waals surface area contributed by atoms with E-state index in [0.717, 1.165) is 132 Å². The van der Waals surface area contributed by atoms with Gasteiger partial charge in [0.15, 0.2) is 26.4 Å². The van der Waals surface area contributed by atoms with Gasteiger partial charge in [0.1, 0.15) is 20.0 Å². The standard InChI is InChI=1S/2C20H24N2O4S.C20H26N2O4S.C18H20N2O4S/c1-12-3-9-16(10-4-12)21-17(23)11-26-18-13(2)27-19(22-18)14-5-7-15(8-6-14)20(24)25;1-13-18(26-12-17(23)21-16-6-4-2-3-5-7-16)22-19(27-13)14-8-10-15(11-9-14)20(24)25;1-12(2)5-6-13(3)21-17(23)11-26-18-14(4)27-19(22-18)15-7-9-16(10-8-15)20(24)25;1-11-16(24-10-15(21)19-14-4-2-3-5-14)20-17(25-11)12-6-8-13(9-7-12)18(22)23/h5-8,12,16H,3-4,9-11H2,1-2H3,(H,21,23)(H,24,25);8-11,16H,2-7,12H2,1H3,(H,21,23)(H,24,25);7-10,12-13H,5-6,11H2,1-4H3,(H,21,23)(H,24,25);6-9,14H,2-5,10H2,1H3,(H,19,21)(H,22,23). The van der Waals surface area contributed by atoms with Gasteiger partial charge in [-0.3, -0.25) is 19.2 Å². The third kappa shape index (κ3) is 26.1. The summed E-state index contributed by atoms with van der Waals surface area (Å²) in [5.74, 6) is -1.21. The molecule has 8 aromatic rings. The minimum absolute atomic E-state index is 0.0432. The summed E-state index contributed by atoms with van der Waals surface area (Å²) in [4.78, 5) is 113. The number of thiazole rings is 4. The van der Waals surface area contributed by atoms with E-state index in [2.05, 4.69) is 62.0 Å². The van der Waals surface area contributed by atoms with Crippen molar-refractivity contribution in [2.24, 2.45) is 11.8 Å². The van der Waals surface area contributed by atoms with E-state index < -0.39 is 23.9 Å². The lowest BCUT2D eigenvalue weighted by molar-refractivity contribution is -0.124. The molecule has 1 atom stereocenters. The summed E-state index contributed by atoms with van der Waals surface area (Å²) in [6, 6.07) is 27.0. The van der Waals surface area contributed by atoms with E-state index >= 15 is 0 Å². The van der Waals surface area contributed by atoms with Crippen LogP contribution in [0.4, 0.5) is 0 Å². The van der Waals surface area contributed by atoms with Crippen LogP contribution in [0.15, 0.2) is 97.1 Å². The molecule has 3 saturated carbocycles. The molecule has 0 radical (unpaired) electrons. The van der Waals surface area contributed by atoms with Crippen LogP contribution >= 0.6 is 45.3 Å². The minimum Gasteiger partial charge on any atom is -0.478 e. The van der Waals surface area contributed by atoms with Crippen LogP contribution in [0, 0.1) is 39.5 Å². The number of carboxylic acid groups (broad SMARTS) is 4. The number of hydrogen-bond donors (Lipinski definition) is 8. The number of nitrogens with one attached hydrogen (secondary N) is 4. The third-order valence-corrected chi connectivity index (χ3v) is 21.8. The van der Waals surface area contributed by atoms with E-state index in [4.69, 9.17) is 39.4 Å². The Balaban J connectivity index is 0.000000179. The number of amides is 4. The predicted molar refractivity (Wildman–Crippen MR) is 410 cm³/mol. The molecule has 566 valence electrons. The molecule has 3 fully saturated rings. The van der Waals surface area contributed by atoms with Crippen molar-refractivity contribution in [2.45, 2.75) is 182 Å². The lowest BCUT2D eigenvalue weighted by Crippen LogP contribution is -2.39. The number of hydrogen-bond acceptors (Lipinski definition) is 20. The van der Waals surface area contributed by atoms with Crippen molar-refractivity contribution in [3.05, 3.63) is 139 Å². The lowest BCUT2D eigenvalue weighted by atomic mass is 9.87. The van der Waals surface area contributed by atoms with Gasteiger partial charge < -0.3 is 60.6 Å². The van der Waals surface area contributed by atoms with E-state index in [1.54, 1.807) is 97.1 Å². The maximum atomic E-state index is 12.2. The summed E-state index contributed by atoms with van der Waals surface area (Å²) in [6.07, 6.45) is 17.7. The van der Waals surface area contributed by atoms with Crippen LogP contribution in [0.2, 0.25) is 0 Å². The van der Waals surface area contributed by atoms with Crippen LogP contribution < -0.4 is 40.2 Å². The zero-order chi connectivity index (χ0) is 76.4. The van der Waals surface area contributed by atoms with Crippen molar-refractivity contribution in [2.75, 3.05) is 26.4 Å². The number of carboxylic acids is 4. The Bertz CT molecular complexity index is 4230. The zero-order valence-corrected chi connectivity index (χ0v) is 64.2. The number of carbonyl (C=O) groups excluding carboxylic acids is 4. The highest BCUT2D eigenvalue weighted by Crippen LogP contribution is 2.36. The van der Waals surface area contributed by atoms with Crippen molar-refractivity contribution in [1.29, 1.82) is 0 Å². The number of aromatic carboxylic acids is 4. The maximum absolute atomic E-state index is 12.2. The number of ether oxygens (including phenoxy) is 4. The van der Waals surface area contributed by atoms with Gasteiger partial charge in [0.2, 0.25) is 23.5 Å². The first-order valence-corrected chi connectivity index (χ1v) is 38.9. The molecule has 0 aliphatic heterocycles. The molecule has 1 unspecified atom stereocenters. The molecule has 8 N–H and O–H groups in total. The van der Waals surface area contributed by atoms with Gasteiger partial charge in [0.25, 0.3) is 23.6 Å². The first kappa shape index (κ1) is 82.0. The molecule has 106 heavy (non-hydrogen) atoms. The minimum atomic E-state index is -0.963. The second-order valence-corrected chi connectivity index (χ2v) is 31.8. The molecule has 11 rings (SSSR count). The summed E-state index contributed by atoms with van der Waals surface area (Å²) in [5.41, 5.74) is 4.22. The summed E-state index contributed by atoms with van der Waals surface area (Å²) < 4.78 is 22.4. The largest absolute Gasteiger partial charge is 0.478 e. The highest BCUT2D eigenvalue weighted by Gasteiger charge is 2.24. The van der Waals surface area contributed by atoms with Gasteiger partial charge in [-0.2, -0.15) is 0 Å². The Kier molecular flexibility index (Phi) is 31.5. The topological polar surface area (TPSA) is 354 Å². The van der Waals surface area contributed by atoms with E-state index in [-0.39, 0.29) is 96.5 Å². The molecule has 28 heteroatoms. The fourth-order valence-corrected chi connectivity index (χ4v) is 15.3. The van der Waals surface area contributed by atoms with E-state index in [1.165, 1.54) is 83.9 Å². The SMILES string of the molecule is Cc1sc(-c2ccc(C(=O)O)cc2)nc1OCC(=O)NC(C)CCC(C)C.Cc1sc(-c2ccc(C(=O)O)cc2)nc1OCC(=O)NC1CCC(C)CC1.Cc1sc(-c2ccc(C(=O)O)cc2)nc1OCC(=O)NC1CCCC1.Cc1sc(-c2ccc(C(=O)O)cc2)nc1OCC(=O)NC1CCCCCC1.